The SMILES string of the molecule is CCC(CC)NC(=O)C(C)NCC1(CC(C)C)CCCC1. The molecule has 1 saturated carbocycles. The molecule has 1 aliphatic rings. The van der Waals surface area contributed by atoms with Crippen molar-refractivity contribution in [3.8, 4) is 0 Å². The van der Waals surface area contributed by atoms with Crippen LogP contribution in [0.25, 0.3) is 0 Å². The average Bonchev–Trinajstić information content (AvgIpc) is 2.89. The Kier molecular flexibility index (Phi) is 7.72. The van der Waals surface area contributed by atoms with Crippen molar-refractivity contribution in [3.63, 3.8) is 0 Å². The summed E-state index contributed by atoms with van der Waals surface area (Å²) in [5.74, 6) is 0.889. The molecule has 1 unspecified atom stereocenters. The molecular weight excluding hydrogens is 260 g/mol. The smallest absolute Gasteiger partial charge is 0.237 e. The van der Waals surface area contributed by atoms with Crippen molar-refractivity contribution in [2.45, 2.75) is 91.6 Å². The summed E-state index contributed by atoms with van der Waals surface area (Å²) in [6, 6.07) is 0.230. The van der Waals surface area contributed by atoms with E-state index in [2.05, 4.69) is 38.3 Å². The Labute approximate surface area is 131 Å². The molecule has 1 aliphatic carbocycles. The molecule has 0 heterocycles. The van der Waals surface area contributed by atoms with Crippen molar-refractivity contribution >= 4 is 5.91 Å². The second-order valence-corrected chi connectivity index (χ2v) is 7.43. The topological polar surface area (TPSA) is 41.1 Å². The van der Waals surface area contributed by atoms with E-state index in [1.165, 1.54) is 32.1 Å². The number of amides is 1. The molecule has 124 valence electrons. The van der Waals surface area contributed by atoms with E-state index in [4.69, 9.17) is 0 Å². The summed E-state index contributed by atoms with van der Waals surface area (Å²) in [6.07, 6.45) is 8.63. The Morgan fingerprint density at radius 1 is 1.10 bits per heavy atom. The molecule has 1 rings (SSSR count). The Morgan fingerprint density at radius 2 is 1.67 bits per heavy atom. The fraction of sp³-hybridized carbons (Fsp3) is 0.944. The Balaban J connectivity index is 2.46. The van der Waals surface area contributed by atoms with Crippen molar-refractivity contribution in [1.29, 1.82) is 0 Å². The van der Waals surface area contributed by atoms with Crippen LogP contribution in [-0.4, -0.2) is 24.5 Å². The molecule has 0 aliphatic heterocycles. The normalized spacial score (nSPS) is 19.2. The van der Waals surface area contributed by atoms with E-state index in [-0.39, 0.29) is 11.9 Å². The predicted molar refractivity (Wildman–Crippen MR) is 90.3 cm³/mol. The minimum absolute atomic E-state index is 0.0877. The fourth-order valence-corrected chi connectivity index (χ4v) is 3.73. The Morgan fingerprint density at radius 3 is 2.14 bits per heavy atom. The van der Waals surface area contributed by atoms with Crippen LogP contribution in [0.4, 0.5) is 0 Å². The lowest BCUT2D eigenvalue weighted by molar-refractivity contribution is -0.123. The van der Waals surface area contributed by atoms with E-state index in [1.807, 2.05) is 6.92 Å². The Hall–Kier alpha value is -0.570. The molecule has 0 bridgehead atoms. The van der Waals surface area contributed by atoms with E-state index in [9.17, 15) is 4.79 Å². The van der Waals surface area contributed by atoms with Crippen molar-refractivity contribution in [2.24, 2.45) is 11.3 Å². The van der Waals surface area contributed by atoms with E-state index >= 15 is 0 Å². The lowest BCUT2D eigenvalue weighted by Crippen LogP contribution is -2.48. The summed E-state index contributed by atoms with van der Waals surface area (Å²) in [4.78, 5) is 12.2. The van der Waals surface area contributed by atoms with E-state index in [0.717, 1.165) is 25.3 Å². The first-order chi connectivity index (χ1) is 9.92. The minimum atomic E-state index is -0.0877. The van der Waals surface area contributed by atoms with Crippen LogP contribution in [0.5, 0.6) is 0 Å². The molecule has 0 saturated heterocycles. The van der Waals surface area contributed by atoms with Gasteiger partial charge in [-0.2, -0.15) is 0 Å². The zero-order valence-electron chi connectivity index (χ0n) is 14.8. The number of hydrogen-bond donors (Lipinski definition) is 2. The third kappa shape index (κ3) is 5.98. The number of rotatable bonds is 9. The predicted octanol–water partition coefficient (Wildman–Crippen LogP) is 3.88. The van der Waals surface area contributed by atoms with Crippen LogP contribution in [0.15, 0.2) is 0 Å². The number of carbonyl (C=O) groups is 1. The number of nitrogens with one attached hydrogen (secondary N) is 2. The highest BCUT2D eigenvalue weighted by Gasteiger charge is 2.34. The van der Waals surface area contributed by atoms with Crippen molar-refractivity contribution in [1.82, 2.24) is 10.6 Å². The van der Waals surface area contributed by atoms with Crippen LogP contribution >= 0.6 is 0 Å². The Bertz CT molecular complexity index is 304. The molecule has 0 aromatic rings. The highest BCUT2D eigenvalue weighted by molar-refractivity contribution is 5.81. The molecule has 0 aromatic heterocycles. The molecule has 0 spiro atoms. The molecule has 2 N–H and O–H groups in total. The molecule has 3 heteroatoms. The van der Waals surface area contributed by atoms with E-state index in [1.54, 1.807) is 0 Å². The average molecular weight is 296 g/mol. The monoisotopic (exact) mass is 296 g/mol. The lowest BCUT2D eigenvalue weighted by Gasteiger charge is -2.32. The summed E-state index contributed by atoms with van der Waals surface area (Å²) in [5, 5.41) is 6.66. The van der Waals surface area contributed by atoms with Crippen LogP contribution < -0.4 is 10.6 Å². The molecule has 21 heavy (non-hydrogen) atoms. The molecular formula is C18H36N2O. The summed E-state index contributed by atoms with van der Waals surface area (Å²) >= 11 is 0. The quantitative estimate of drug-likeness (QED) is 0.678. The third-order valence-corrected chi connectivity index (χ3v) is 5.01. The van der Waals surface area contributed by atoms with Crippen molar-refractivity contribution in [2.75, 3.05) is 6.54 Å². The van der Waals surface area contributed by atoms with Gasteiger partial charge in [0.15, 0.2) is 0 Å². The second kappa shape index (κ2) is 8.77. The first-order valence-electron chi connectivity index (χ1n) is 8.96. The zero-order valence-corrected chi connectivity index (χ0v) is 14.8. The third-order valence-electron chi connectivity index (χ3n) is 5.01. The molecule has 1 atom stereocenters. The van der Waals surface area contributed by atoms with Gasteiger partial charge in [-0.3, -0.25) is 4.79 Å². The summed E-state index contributed by atoms with van der Waals surface area (Å²) in [5.41, 5.74) is 0.428. The molecule has 3 nitrogen and oxygen atoms in total. The van der Waals surface area contributed by atoms with Gasteiger partial charge in [0.25, 0.3) is 0 Å². The van der Waals surface area contributed by atoms with Crippen LogP contribution in [0.3, 0.4) is 0 Å². The minimum Gasteiger partial charge on any atom is -0.352 e. The summed E-state index contributed by atoms with van der Waals surface area (Å²) in [7, 11) is 0. The van der Waals surface area contributed by atoms with Gasteiger partial charge in [0.1, 0.15) is 0 Å². The van der Waals surface area contributed by atoms with Gasteiger partial charge in [-0.1, -0.05) is 40.5 Å². The van der Waals surface area contributed by atoms with Crippen LogP contribution in [0.1, 0.15) is 79.6 Å². The van der Waals surface area contributed by atoms with Crippen LogP contribution in [0.2, 0.25) is 0 Å². The number of hydrogen-bond acceptors (Lipinski definition) is 2. The molecule has 0 radical (unpaired) electrons. The first-order valence-corrected chi connectivity index (χ1v) is 8.96. The molecule has 1 fully saturated rings. The number of carbonyl (C=O) groups excluding carboxylic acids is 1. The van der Waals surface area contributed by atoms with Crippen molar-refractivity contribution in [3.05, 3.63) is 0 Å². The van der Waals surface area contributed by atoms with E-state index in [0.29, 0.717) is 11.5 Å². The van der Waals surface area contributed by atoms with E-state index < -0.39 is 0 Å². The maximum absolute atomic E-state index is 12.2. The highest BCUT2D eigenvalue weighted by Crippen LogP contribution is 2.42. The maximum Gasteiger partial charge on any atom is 0.237 e. The lowest BCUT2D eigenvalue weighted by atomic mass is 9.78. The van der Waals surface area contributed by atoms with Crippen molar-refractivity contribution < 1.29 is 4.79 Å². The van der Waals surface area contributed by atoms with Crippen LogP contribution in [0, 0.1) is 11.3 Å². The molecule has 0 aromatic carbocycles. The van der Waals surface area contributed by atoms with Gasteiger partial charge in [0.2, 0.25) is 5.91 Å². The van der Waals surface area contributed by atoms with Gasteiger partial charge < -0.3 is 10.6 Å². The van der Waals surface area contributed by atoms with Gasteiger partial charge >= 0.3 is 0 Å². The van der Waals surface area contributed by atoms with Gasteiger partial charge in [-0.15, -0.1) is 0 Å². The summed E-state index contributed by atoms with van der Waals surface area (Å²) < 4.78 is 0. The first kappa shape index (κ1) is 18.5. The zero-order chi connectivity index (χ0) is 15.9. The summed E-state index contributed by atoms with van der Waals surface area (Å²) in [6.45, 7) is 11.9. The van der Waals surface area contributed by atoms with Gasteiger partial charge in [-0.05, 0) is 50.4 Å². The standard InChI is InChI=1S/C18H36N2O/c1-6-16(7-2)20-17(21)15(5)19-13-18(12-14(3)4)10-8-9-11-18/h14-16,19H,6-13H2,1-5H3,(H,20,21). The van der Waals surface area contributed by atoms with Gasteiger partial charge in [-0.25, -0.2) is 0 Å². The highest BCUT2D eigenvalue weighted by atomic mass is 16.2. The van der Waals surface area contributed by atoms with Crippen LogP contribution in [-0.2, 0) is 4.79 Å². The second-order valence-electron chi connectivity index (χ2n) is 7.43. The fourth-order valence-electron chi connectivity index (χ4n) is 3.73. The van der Waals surface area contributed by atoms with Gasteiger partial charge in [0.05, 0.1) is 6.04 Å². The largest absolute Gasteiger partial charge is 0.352 e. The molecule has 1 amide bonds. The maximum atomic E-state index is 12.2. The van der Waals surface area contributed by atoms with Gasteiger partial charge in [0, 0.05) is 12.6 Å².